The minimum Gasteiger partial charge on any atom is -0.305 e. The average Bonchev–Trinajstić information content (AvgIpc) is 2.96. The molecule has 0 saturated carbocycles. The SMILES string of the molecule is NN=Nc1ccccc1N(N)C(=O)C#Cc1ccc(N(N)S(=O)(=O)c2ccc(-c3ccccc3)cc2)cc1. The minimum atomic E-state index is -4.01. The first-order valence-electron chi connectivity index (χ1n) is 11.2. The zero-order valence-corrected chi connectivity index (χ0v) is 20.8. The van der Waals surface area contributed by atoms with Crippen LogP contribution in [0.4, 0.5) is 17.1 Å². The van der Waals surface area contributed by atoms with Crippen molar-refractivity contribution in [3.05, 3.63) is 109 Å². The molecule has 0 saturated heterocycles. The fraction of sp³-hybridized carbons (Fsp3) is 0. The zero-order valence-electron chi connectivity index (χ0n) is 20.0. The molecule has 38 heavy (non-hydrogen) atoms. The number of hydrogen-bond acceptors (Lipinski definition) is 7. The second kappa shape index (κ2) is 11.4. The summed E-state index contributed by atoms with van der Waals surface area (Å²) >= 11 is 0. The molecular weight excluding hydrogens is 502 g/mol. The predicted octanol–water partition coefficient (Wildman–Crippen LogP) is 3.64. The molecule has 0 aliphatic rings. The van der Waals surface area contributed by atoms with Gasteiger partial charge in [0.2, 0.25) is 0 Å². The van der Waals surface area contributed by atoms with Crippen molar-refractivity contribution in [3.63, 3.8) is 0 Å². The molecule has 0 spiro atoms. The largest absolute Gasteiger partial charge is 0.317 e. The molecule has 4 rings (SSSR count). The van der Waals surface area contributed by atoms with Gasteiger partial charge in [-0.25, -0.2) is 21.1 Å². The van der Waals surface area contributed by atoms with Gasteiger partial charge in [0.15, 0.2) is 0 Å². The highest BCUT2D eigenvalue weighted by Crippen LogP contribution is 2.27. The predicted molar refractivity (Wildman–Crippen MR) is 146 cm³/mol. The lowest BCUT2D eigenvalue weighted by atomic mass is 10.1. The molecule has 0 bridgehead atoms. The Labute approximate surface area is 220 Å². The fourth-order valence-corrected chi connectivity index (χ4v) is 4.61. The Bertz CT molecular complexity index is 1630. The van der Waals surface area contributed by atoms with Gasteiger partial charge in [-0.15, -0.1) is 5.11 Å². The molecule has 190 valence electrons. The van der Waals surface area contributed by atoms with Crippen molar-refractivity contribution in [3.8, 4) is 23.0 Å². The van der Waals surface area contributed by atoms with Crippen LogP contribution in [0.5, 0.6) is 0 Å². The van der Waals surface area contributed by atoms with Gasteiger partial charge in [0.05, 0.1) is 16.3 Å². The molecule has 4 aromatic rings. The van der Waals surface area contributed by atoms with E-state index in [0.717, 1.165) is 16.1 Å². The summed E-state index contributed by atoms with van der Waals surface area (Å²) in [4.78, 5) is 12.5. The molecule has 10 nitrogen and oxygen atoms in total. The van der Waals surface area contributed by atoms with Crippen molar-refractivity contribution < 1.29 is 13.2 Å². The second-order valence-electron chi connectivity index (χ2n) is 7.87. The number of carbonyl (C=O) groups excluding carboxylic acids is 1. The third-order valence-electron chi connectivity index (χ3n) is 5.48. The summed E-state index contributed by atoms with van der Waals surface area (Å²) in [5, 5.41) is 7.78. The third kappa shape index (κ3) is 5.69. The third-order valence-corrected chi connectivity index (χ3v) is 7.08. The zero-order chi connectivity index (χ0) is 27.1. The van der Waals surface area contributed by atoms with Gasteiger partial charge in [0.25, 0.3) is 10.0 Å². The molecule has 0 aliphatic heterocycles. The van der Waals surface area contributed by atoms with Gasteiger partial charge in [-0.2, -0.15) is 8.42 Å². The maximum atomic E-state index is 13.1. The standard InChI is InChI=1S/C27H23N7O3S/c28-32-31-25-8-4-5-9-26(25)33(29)27(35)19-12-20-10-15-23(16-11-20)34(30)38(36,37)24-17-13-22(14-18-24)21-6-2-1-3-7-21/h1-11,13-18H,29-30H2,(H2,28,31). The smallest absolute Gasteiger partial charge is 0.305 e. The molecular formula is C27H23N7O3S. The number of benzene rings is 4. The van der Waals surface area contributed by atoms with Crippen LogP contribution in [-0.4, -0.2) is 14.3 Å². The molecule has 11 heteroatoms. The molecule has 0 fully saturated rings. The number of sulfonamides is 1. The van der Waals surface area contributed by atoms with E-state index in [1.807, 2.05) is 30.3 Å². The molecule has 0 aliphatic carbocycles. The molecule has 6 N–H and O–H groups in total. The van der Waals surface area contributed by atoms with Gasteiger partial charge in [0.1, 0.15) is 5.69 Å². The molecule has 0 unspecified atom stereocenters. The summed E-state index contributed by atoms with van der Waals surface area (Å²) in [6.07, 6.45) is 0. The Morgan fingerprint density at radius 3 is 2.03 bits per heavy atom. The molecule has 4 aromatic carbocycles. The van der Waals surface area contributed by atoms with Crippen molar-refractivity contribution in [1.29, 1.82) is 0 Å². The lowest BCUT2D eigenvalue weighted by molar-refractivity contribution is -0.113. The van der Waals surface area contributed by atoms with Gasteiger partial charge >= 0.3 is 5.91 Å². The van der Waals surface area contributed by atoms with Crippen molar-refractivity contribution >= 4 is 33.0 Å². The van der Waals surface area contributed by atoms with E-state index in [-0.39, 0.29) is 16.3 Å². The van der Waals surface area contributed by atoms with E-state index in [2.05, 4.69) is 22.2 Å². The van der Waals surface area contributed by atoms with Crippen LogP contribution in [-0.2, 0) is 14.8 Å². The first-order valence-corrected chi connectivity index (χ1v) is 12.6. The average molecular weight is 526 g/mol. The summed E-state index contributed by atoms with van der Waals surface area (Å²) in [6, 6.07) is 28.7. The van der Waals surface area contributed by atoms with Crippen molar-refractivity contribution in [2.24, 2.45) is 27.9 Å². The topological polar surface area (TPSA) is 160 Å². The Hall–Kier alpha value is -5.02. The van der Waals surface area contributed by atoms with Crippen LogP contribution in [0.25, 0.3) is 11.1 Å². The first-order chi connectivity index (χ1) is 18.3. The minimum absolute atomic E-state index is 0.0478. The number of nitrogens with zero attached hydrogens (tertiary/aromatic N) is 4. The van der Waals surface area contributed by atoms with E-state index in [9.17, 15) is 13.2 Å². The summed E-state index contributed by atoms with van der Waals surface area (Å²) in [7, 11) is -4.01. The van der Waals surface area contributed by atoms with E-state index in [1.165, 1.54) is 24.3 Å². The number of hydrazine groups is 2. The number of rotatable bonds is 6. The maximum Gasteiger partial charge on any atom is 0.317 e. The van der Waals surface area contributed by atoms with Crippen LogP contribution in [0, 0.1) is 11.8 Å². The van der Waals surface area contributed by atoms with Crippen molar-refractivity contribution in [1.82, 2.24) is 0 Å². The first kappa shape index (κ1) is 26.1. The highest BCUT2D eigenvalue weighted by atomic mass is 32.2. The van der Waals surface area contributed by atoms with E-state index in [1.54, 1.807) is 48.5 Å². The number of para-hydroxylation sites is 1. The van der Waals surface area contributed by atoms with Crippen LogP contribution in [0.2, 0.25) is 0 Å². The summed E-state index contributed by atoms with van der Waals surface area (Å²) in [5.41, 5.74) is 3.10. The molecule has 0 radical (unpaired) electrons. The van der Waals surface area contributed by atoms with Gasteiger partial charge in [-0.3, -0.25) is 4.79 Å². The fourth-order valence-electron chi connectivity index (χ4n) is 3.50. The summed E-state index contributed by atoms with van der Waals surface area (Å²) < 4.78 is 26.8. The Morgan fingerprint density at radius 1 is 0.763 bits per heavy atom. The molecule has 1 amide bonds. The Morgan fingerprint density at radius 2 is 1.37 bits per heavy atom. The van der Waals surface area contributed by atoms with Gasteiger partial charge in [-0.05, 0) is 59.7 Å². The Kier molecular flexibility index (Phi) is 7.79. The van der Waals surface area contributed by atoms with Crippen LogP contribution >= 0.6 is 0 Å². The van der Waals surface area contributed by atoms with E-state index in [4.69, 9.17) is 17.5 Å². The molecule has 0 heterocycles. The molecule has 0 atom stereocenters. The quantitative estimate of drug-likeness (QED) is 0.114. The lowest BCUT2D eigenvalue weighted by Gasteiger charge is -2.19. The van der Waals surface area contributed by atoms with Gasteiger partial charge < -0.3 is 5.84 Å². The maximum absolute atomic E-state index is 13.1. The number of hydrogen-bond donors (Lipinski definition) is 3. The number of nitrogens with two attached hydrogens (primary N) is 3. The van der Waals surface area contributed by atoms with Gasteiger partial charge in [-0.1, -0.05) is 65.7 Å². The number of anilines is 2. The highest BCUT2D eigenvalue weighted by molar-refractivity contribution is 7.92. The van der Waals surface area contributed by atoms with Gasteiger partial charge in [0, 0.05) is 11.5 Å². The van der Waals surface area contributed by atoms with E-state index in [0.29, 0.717) is 15.7 Å². The van der Waals surface area contributed by atoms with E-state index >= 15 is 0 Å². The van der Waals surface area contributed by atoms with Crippen LogP contribution in [0.1, 0.15) is 5.56 Å². The second-order valence-corrected chi connectivity index (χ2v) is 9.68. The van der Waals surface area contributed by atoms with Crippen molar-refractivity contribution in [2.75, 3.05) is 9.42 Å². The van der Waals surface area contributed by atoms with Crippen LogP contribution < -0.4 is 27.0 Å². The molecule has 0 aromatic heterocycles. The van der Waals surface area contributed by atoms with Crippen LogP contribution in [0.15, 0.2) is 118 Å². The lowest BCUT2D eigenvalue weighted by Crippen LogP contribution is -2.37. The highest BCUT2D eigenvalue weighted by Gasteiger charge is 2.22. The number of amides is 1. The van der Waals surface area contributed by atoms with E-state index < -0.39 is 15.9 Å². The Balaban J connectivity index is 1.48. The monoisotopic (exact) mass is 525 g/mol. The summed E-state index contributed by atoms with van der Waals surface area (Å²) in [5.74, 6) is 21.4. The number of carbonyl (C=O) groups is 1. The normalized spacial score (nSPS) is 11.0. The van der Waals surface area contributed by atoms with Crippen LogP contribution in [0.3, 0.4) is 0 Å². The summed E-state index contributed by atoms with van der Waals surface area (Å²) in [6.45, 7) is 0. The van der Waals surface area contributed by atoms with Crippen molar-refractivity contribution in [2.45, 2.75) is 4.90 Å².